The number of benzene rings is 3. The quantitative estimate of drug-likeness (QED) is 0.313. The number of phenolic OH excluding ortho intramolecular Hbond substituents is 2. The van der Waals surface area contributed by atoms with Gasteiger partial charge >= 0.3 is 0 Å². The Balaban J connectivity index is 1.77. The normalized spacial score (nSPS) is 13.5. The molecule has 0 amide bonds. The first kappa shape index (κ1) is 23.5. The van der Waals surface area contributed by atoms with Crippen LogP contribution in [0, 0.1) is 5.82 Å². The number of halogens is 1. The zero-order valence-corrected chi connectivity index (χ0v) is 18.2. The van der Waals surface area contributed by atoms with Crippen LogP contribution in [0.3, 0.4) is 0 Å². The minimum absolute atomic E-state index is 0.0227. The lowest BCUT2D eigenvalue weighted by atomic mass is 9.98. The lowest BCUT2D eigenvalue weighted by molar-refractivity contribution is 0.169. The third-order valence-electron chi connectivity index (χ3n) is 4.91. The molecule has 7 nitrogen and oxygen atoms in total. The van der Waals surface area contributed by atoms with E-state index in [1.54, 1.807) is 36.4 Å². The van der Waals surface area contributed by atoms with Crippen molar-refractivity contribution < 1.29 is 28.1 Å². The summed E-state index contributed by atoms with van der Waals surface area (Å²) in [5, 5.41) is 33.4. The summed E-state index contributed by atoms with van der Waals surface area (Å²) in [5.74, 6) is -0.453. The van der Waals surface area contributed by atoms with E-state index in [0.717, 1.165) is 17.4 Å². The molecular formula is C23H25FN2O5S. The Labute approximate surface area is 186 Å². The number of hydrogen-bond acceptors (Lipinski definition) is 6. The van der Waals surface area contributed by atoms with Gasteiger partial charge in [0.25, 0.3) is 0 Å². The zero-order valence-electron chi connectivity index (χ0n) is 17.4. The molecule has 0 saturated carbocycles. The highest BCUT2D eigenvalue weighted by molar-refractivity contribution is 7.92. The second-order valence-corrected chi connectivity index (χ2v) is 9.30. The SMILES string of the molecule is CS(=O)(=O)Nc1cc([C@H](O)CN[C@H](Cc2ccc(F)cc2)c2ccc(O)cc2)ccc1O. The van der Waals surface area contributed by atoms with Crippen LogP contribution in [0.5, 0.6) is 11.5 Å². The highest BCUT2D eigenvalue weighted by Gasteiger charge is 2.17. The van der Waals surface area contributed by atoms with Gasteiger partial charge in [-0.25, -0.2) is 12.8 Å². The number of nitrogens with one attached hydrogen (secondary N) is 2. The third-order valence-corrected chi connectivity index (χ3v) is 5.50. The third kappa shape index (κ3) is 6.68. The standard InChI is InChI=1S/C23H25FN2O5S/c1-32(30,31)26-21-13-17(6-11-22(21)28)23(29)14-25-20(16-4-9-19(27)10-5-16)12-15-2-7-18(24)8-3-15/h2-11,13,20,23,25-29H,12,14H2,1H3/t20-,23-/m1/s1. The summed E-state index contributed by atoms with van der Waals surface area (Å²) in [5.41, 5.74) is 2.14. The molecule has 2 atom stereocenters. The van der Waals surface area contributed by atoms with Crippen molar-refractivity contribution >= 4 is 15.7 Å². The first-order chi connectivity index (χ1) is 15.1. The van der Waals surface area contributed by atoms with E-state index in [1.807, 2.05) is 0 Å². The molecule has 3 aromatic rings. The zero-order chi connectivity index (χ0) is 23.3. The molecule has 5 N–H and O–H groups in total. The fourth-order valence-corrected chi connectivity index (χ4v) is 3.85. The molecule has 0 aliphatic heterocycles. The average molecular weight is 461 g/mol. The van der Waals surface area contributed by atoms with Gasteiger partial charge in [0.1, 0.15) is 17.3 Å². The first-order valence-corrected chi connectivity index (χ1v) is 11.8. The van der Waals surface area contributed by atoms with Gasteiger partial charge in [-0.1, -0.05) is 30.3 Å². The van der Waals surface area contributed by atoms with Gasteiger partial charge in [-0.15, -0.1) is 0 Å². The molecule has 0 radical (unpaired) electrons. The Hall–Kier alpha value is -3.14. The molecule has 32 heavy (non-hydrogen) atoms. The number of anilines is 1. The van der Waals surface area contributed by atoms with E-state index < -0.39 is 16.1 Å². The number of rotatable bonds is 9. The molecule has 0 spiro atoms. The number of hydrogen-bond donors (Lipinski definition) is 5. The van der Waals surface area contributed by atoms with E-state index in [2.05, 4.69) is 10.0 Å². The lowest BCUT2D eigenvalue weighted by Gasteiger charge is -2.22. The topological polar surface area (TPSA) is 119 Å². The van der Waals surface area contributed by atoms with Crippen molar-refractivity contribution in [3.05, 3.63) is 89.2 Å². The van der Waals surface area contributed by atoms with Gasteiger partial charge in [0.15, 0.2) is 0 Å². The van der Waals surface area contributed by atoms with Crippen LogP contribution in [-0.2, 0) is 16.4 Å². The highest BCUT2D eigenvalue weighted by atomic mass is 32.2. The molecule has 0 heterocycles. The highest BCUT2D eigenvalue weighted by Crippen LogP contribution is 2.28. The van der Waals surface area contributed by atoms with Gasteiger partial charge in [-0.2, -0.15) is 0 Å². The lowest BCUT2D eigenvalue weighted by Crippen LogP contribution is -2.28. The molecule has 0 bridgehead atoms. The summed E-state index contributed by atoms with van der Waals surface area (Å²) in [4.78, 5) is 0. The number of aliphatic hydroxyl groups excluding tert-OH is 1. The smallest absolute Gasteiger partial charge is 0.229 e. The second kappa shape index (κ2) is 9.99. The van der Waals surface area contributed by atoms with Crippen LogP contribution in [-0.4, -0.2) is 36.5 Å². The Morgan fingerprint density at radius 3 is 2.19 bits per heavy atom. The molecule has 0 aromatic heterocycles. The number of phenols is 2. The van der Waals surface area contributed by atoms with Gasteiger partial charge in [0.2, 0.25) is 10.0 Å². The summed E-state index contributed by atoms with van der Waals surface area (Å²) in [6, 6.07) is 16.7. The summed E-state index contributed by atoms with van der Waals surface area (Å²) in [7, 11) is -3.60. The molecule has 0 fully saturated rings. The van der Waals surface area contributed by atoms with Crippen LogP contribution >= 0.6 is 0 Å². The fourth-order valence-electron chi connectivity index (χ4n) is 3.28. The number of sulfonamides is 1. The van der Waals surface area contributed by atoms with Gasteiger partial charge < -0.3 is 20.6 Å². The molecule has 3 rings (SSSR count). The molecule has 9 heteroatoms. The van der Waals surface area contributed by atoms with Crippen molar-refractivity contribution in [3.8, 4) is 11.5 Å². The Morgan fingerprint density at radius 2 is 1.56 bits per heavy atom. The molecule has 0 aliphatic carbocycles. The summed E-state index contributed by atoms with van der Waals surface area (Å²) in [6.07, 6.45) is 0.479. The predicted molar refractivity (Wildman–Crippen MR) is 120 cm³/mol. The van der Waals surface area contributed by atoms with E-state index >= 15 is 0 Å². The maximum absolute atomic E-state index is 13.3. The van der Waals surface area contributed by atoms with Crippen molar-refractivity contribution in [3.63, 3.8) is 0 Å². The Bertz CT molecular complexity index is 1150. The van der Waals surface area contributed by atoms with Crippen molar-refractivity contribution in [1.29, 1.82) is 0 Å². The maximum Gasteiger partial charge on any atom is 0.229 e. The summed E-state index contributed by atoms with van der Waals surface area (Å²) >= 11 is 0. The van der Waals surface area contributed by atoms with Crippen LogP contribution in [0.25, 0.3) is 0 Å². The van der Waals surface area contributed by atoms with E-state index in [1.165, 1.54) is 30.3 Å². The van der Waals surface area contributed by atoms with Crippen LogP contribution in [0.4, 0.5) is 10.1 Å². The Kier molecular flexibility index (Phi) is 7.34. The van der Waals surface area contributed by atoms with Gasteiger partial charge in [0, 0.05) is 12.6 Å². The monoisotopic (exact) mass is 460 g/mol. The van der Waals surface area contributed by atoms with Gasteiger partial charge in [-0.3, -0.25) is 4.72 Å². The van der Waals surface area contributed by atoms with Crippen molar-refractivity contribution in [2.45, 2.75) is 18.6 Å². The molecular weight excluding hydrogens is 435 g/mol. The van der Waals surface area contributed by atoms with Crippen LogP contribution in [0.1, 0.15) is 28.8 Å². The molecule has 0 saturated heterocycles. The van der Waals surface area contributed by atoms with Crippen LogP contribution < -0.4 is 10.0 Å². The van der Waals surface area contributed by atoms with Crippen molar-refractivity contribution in [1.82, 2.24) is 5.32 Å². The van der Waals surface area contributed by atoms with E-state index in [-0.39, 0.29) is 35.6 Å². The van der Waals surface area contributed by atoms with Crippen LogP contribution in [0.2, 0.25) is 0 Å². The van der Waals surface area contributed by atoms with Crippen molar-refractivity contribution in [2.75, 3.05) is 17.5 Å². The van der Waals surface area contributed by atoms with Crippen LogP contribution in [0.15, 0.2) is 66.7 Å². The van der Waals surface area contributed by atoms with Gasteiger partial charge in [-0.05, 0) is 59.5 Å². The summed E-state index contributed by atoms with van der Waals surface area (Å²) < 4.78 is 38.4. The van der Waals surface area contributed by atoms with Gasteiger partial charge in [0.05, 0.1) is 18.0 Å². The van der Waals surface area contributed by atoms with Crippen molar-refractivity contribution in [2.24, 2.45) is 0 Å². The minimum Gasteiger partial charge on any atom is -0.508 e. The summed E-state index contributed by atoms with van der Waals surface area (Å²) in [6.45, 7) is 0.121. The first-order valence-electron chi connectivity index (χ1n) is 9.86. The minimum atomic E-state index is -3.60. The van der Waals surface area contributed by atoms with E-state index in [4.69, 9.17) is 0 Å². The molecule has 0 unspecified atom stereocenters. The molecule has 3 aromatic carbocycles. The fraction of sp³-hybridized carbons (Fsp3) is 0.217. The number of aromatic hydroxyl groups is 2. The Morgan fingerprint density at radius 1 is 0.938 bits per heavy atom. The maximum atomic E-state index is 13.3. The molecule has 170 valence electrons. The second-order valence-electron chi connectivity index (χ2n) is 7.55. The predicted octanol–water partition coefficient (Wildman–Crippen LogP) is 3.22. The van der Waals surface area contributed by atoms with E-state index in [9.17, 15) is 28.1 Å². The average Bonchev–Trinajstić information content (AvgIpc) is 2.73. The largest absolute Gasteiger partial charge is 0.508 e. The molecule has 0 aliphatic rings. The number of aliphatic hydroxyl groups is 1. The van der Waals surface area contributed by atoms with E-state index in [0.29, 0.717) is 12.0 Å².